The number of anilines is 2. The van der Waals surface area contributed by atoms with Gasteiger partial charge in [-0.15, -0.1) is 0 Å². The number of hydrogen-bond donors (Lipinski definition) is 3. The second-order valence-corrected chi connectivity index (χ2v) is 3.79. The second-order valence-electron chi connectivity index (χ2n) is 3.79. The summed E-state index contributed by atoms with van der Waals surface area (Å²) in [5.74, 6) is 0.734. The summed E-state index contributed by atoms with van der Waals surface area (Å²) in [6.45, 7) is 1.39. The van der Waals surface area contributed by atoms with E-state index in [1.54, 1.807) is 23.4 Å². The number of imidazole rings is 1. The second kappa shape index (κ2) is 4.32. The fourth-order valence-electron chi connectivity index (χ4n) is 1.69. The van der Waals surface area contributed by atoms with Gasteiger partial charge in [-0.25, -0.2) is 15.0 Å². The van der Waals surface area contributed by atoms with Crippen LogP contribution in [0, 0.1) is 0 Å². The van der Waals surface area contributed by atoms with E-state index in [9.17, 15) is 0 Å². The van der Waals surface area contributed by atoms with Crippen LogP contribution in [0.25, 0.3) is 11.2 Å². The molecule has 92 valence electrons. The number of rotatable bonds is 4. The van der Waals surface area contributed by atoms with Crippen LogP contribution in [0.1, 0.15) is 0 Å². The summed E-state index contributed by atoms with van der Waals surface area (Å²) >= 11 is 0. The molecule has 0 spiro atoms. The van der Waals surface area contributed by atoms with Crippen LogP contribution in [-0.2, 0) is 6.54 Å². The molecule has 0 saturated heterocycles. The maximum atomic E-state index is 5.58. The van der Waals surface area contributed by atoms with Crippen LogP contribution in [-0.4, -0.2) is 36.3 Å². The van der Waals surface area contributed by atoms with Crippen molar-refractivity contribution in [3.63, 3.8) is 0 Å². The van der Waals surface area contributed by atoms with Crippen LogP contribution in [0.4, 0.5) is 11.5 Å². The van der Waals surface area contributed by atoms with Crippen molar-refractivity contribution in [3.05, 3.63) is 25.0 Å². The molecule has 0 aromatic carbocycles. The Kier molecular flexibility index (Phi) is 2.52. The highest BCUT2D eigenvalue weighted by Gasteiger charge is 2.04. The van der Waals surface area contributed by atoms with Gasteiger partial charge in [-0.1, -0.05) is 0 Å². The Bertz CT molecular complexity index is 655. The SMILES string of the molecule is Nc1cnn(CCNc2ncnc3nc[nH]c23)c1. The lowest BCUT2D eigenvalue weighted by Gasteiger charge is -2.05. The maximum absolute atomic E-state index is 5.58. The van der Waals surface area contributed by atoms with Crippen molar-refractivity contribution in [2.75, 3.05) is 17.6 Å². The predicted molar refractivity (Wildman–Crippen MR) is 66.8 cm³/mol. The van der Waals surface area contributed by atoms with Crippen LogP contribution < -0.4 is 11.1 Å². The van der Waals surface area contributed by atoms with Gasteiger partial charge < -0.3 is 16.0 Å². The van der Waals surface area contributed by atoms with E-state index >= 15 is 0 Å². The van der Waals surface area contributed by atoms with Gasteiger partial charge >= 0.3 is 0 Å². The van der Waals surface area contributed by atoms with Crippen LogP contribution in [0.15, 0.2) is 25.0 Å². The Morgan fingerprint density at radius 3 is 3.11 bits per heavy atom. The van der Waals surface area contributed by atoms with Gasteiger partial charge in [-0.3, -0.25) is 4.68 Å². The van der Waals surface area contributed by atoms with E-state index < -0.39 is 0 Å². The smallest absolute Gasteiger partial charge is 0.182 e. The lowest BCUT2D eigenvalue weighted by atomic mass is 10.5. The topological polar surface area (TPSA) is 110 Å². The number of hydrogen-bond acceptors (Lipinski definition) is 6. The Hall–Kier alpha value is -2.64. The molecule has 3 aromatic heterocycles. The minimum Gasteiger partial charge on any atom is -0.396 e. The van der Waals surface area contributed by atoms with E-state index in [0.717, 1.165) is 11.3 Å². The Balaban J connectivity index is 1.68. The van der Waals surface area contributed by atoms with Gasteiger partial charge in [0.2, 0.25) is 0 Å². The molecule has 0 amide bonds. The molecule has 0 bridgehead atoms. The molecule has 8 heteroatoms. The van der Waals surface area contributed by atoms with E-state index in [1.165, 1.54) is 6.33 Å². The van der Waals surface area contributed by atoms with E-state index in [1.807, 2.05) is 0 Å². The summed E-state index contributed by atoms with van der Waals surface area (Å²) in [5, 5.41) is 7.31. The zero-order valence-electron chi connectivity index (χ0n) is 9.54. The fourth-order valence-corrected chi connectivity index (χ4v) is 1.69. The van der Waals surface area contributed by atoms with Crippen LogP contribution in [0.5, 0.6) is 0 Å². The number of nitrogens with two attached hydrogens (primary N) is 1. The summed E-state index contributed by atoms with van der Waals surface area (Å²) in [5.41, 5.74) is 7.70. The number of nitrogen functional groups attached to an aromatic ring is 1. The largest absolute Gasteiger partial charge is 0.396 e. The van der Waals surface area contributed by atoms with Crippen molar-refractivity contribution in [3.8, 4) is 0 Å². The molecule has 3 rings (SSSR count). The Labute approximate surface area is 102 Å². The monoisotopic (exact) mass is 244 g/mol. The molecule has 3 aromatic rings. The summed E-state index contributed by atoms with van der Waals surface area (Å²) < 4.78 is 1.77. The highest BCUT2D eigenvalue weighted by atomic mass is 15.3. The molecule has 0 aliphatic heterocycles. The van der Waals surface area contributed by atoms with E-state index in [4.69, 9.17) is 5.73 Å². The molecule has 0 atom stereocenters. The van der Waals surface area contributed by atoms with Crippen LogP contribution in [0.2, 0.25) is 0 Å². The third-order valence-corrected chi connectivity index (χ3v) is 2.51. The third kappa shape index (κ3) is 1.95. The molecule has 0 aliphatic carbocycles. The van der Waals surface area contributed by atoms with Gasteiger partial charge in [0.15, 0.2) is 11.5 Å². The first-order chi connectivity index (χ1) is 8.83. The van der Waals surface area contributed by atoms with Crippen molar-refractivity contribution in [2.24, 2.45) is 0 Å². The minimum atomic E-state index is 0.649. The summed E-state index contributed by atoms with van der Waals surface area (Å²) in [6, 6.07) is 0. The van der Waals surface area contributed by atoms with Crippen LogP contribution >= 0.6 is 0 Å². The van der Waals surface area contributed by atoms with E-state index in [0.29, 0.717) is 24.4 Å². The average molecular weight is 244 g/mol. The predicted octanol–water partition coefficient (Wildman–Crippen LogP) is 0.244. The van der Waals surface area contributed by atoms with Crippen molar-refractivity contribution in [1.29, 1.82) is 0 Å². The highest BCUT2D eigenvalue weighted by molar-refractivity contribution is 5.81. The fraction of sp³-hybridized carbons (Fsp3) is 0.200. The normalized spacial score (nSPS) is 10.9. The zero-order valence-corrected chi connectivity index (χ0v) is 9.54. The summed E-state index contributed by atoms with van der Waals surface area (Å²) in [6.07, 6.45) is 6.49. The van der Waals surface area contributed by atoms with Crippen LogP contribution in [0.3, 0.4) is 0 Å². The number of H-pyrrole nitrogens is 1. The van der Waals surface area contributed by atoms with Gasteiger partial charge in [-0.05, 0) is 0 Å². The van der Waals surface area contributed by atoms with Gasteiger partial charge in [0.1, 0.15) is 11.8 Å². The molecular formula is C10H12N8. The molecule has 0 radical (unpaired) electrons. The van der Waals surface area contributed by atoms with Crippen molar-refractivity contribution in [1.82, 2.24) is 29.7 Å². The standard InChI is InChI=1S/C10H12N8/c11-7-3-17-18(4-7)2-1-12-9-8-10(14-5-13-8)16-6-15-9/h3-6H,1-2,11H2,(H2,12,13,14,15,16). The first-order valence-corrected chi connectivity index (χ1v) is 5.49. The Morgan fingerprint density at radius 1 is 1.33 bits per heavy atom. The lowest BCUT2D eigenvalue weighted by Crippen LogP contribution is -2.12. The van der Waals surface area contributed by atoms with Crippen molar-refractivity contribution in [2.45, 2.75) is 6.54 Å². The van der Waals surface area contributed by atoms with Gasteiger partial charge in [-0.2, -0.15) is 5.10 Å². The van der Waals surface area contributed by atoms with Gasteiger partial charge in [0.05, 0.1) is 24.8 Å². The van der Waals surface area contributed by atoms with Gasteiger partial charge in [0.25, 0.3) is 0 Å². The molecule has 18 heavy (non-hydrogen) atoms. The van der Waals surface area contributed by atoms with Crippen molar-refractivity contribution < 1.29 is 0 Å². The molecule has 8 nitrogen and oxygen atoms in total. The molecule has 0 fully saturated rings. The average Bonchev–Trinajstić information content (AvgIpc) is 2.98. The summed E-state index contributed by atoms with van der Waals surface area (Å²) in [7, 11) is 0. The maximum Gasteiger partial charge on any atom is 0.182 e. The lowest BCUT2D eigenvalue weighted by molar-refractivity contribution is 0.637. The minimum absolute atomic E-state index is 0.649. The highest BCUT2D eigenvalue weighted by Crippen LogP contribution is 2.13. The number of aromatic nitrogens is 6. The third-order valence-electron chi connectivity index (χ3n) is 2.51. The zero-order chi connectivity index (χ0) is 12.4. The summed E-state index contributed by atoms with van der Waals surface area (Å²) in [4.78, 5) is 15.3. The first kappa shape index (κ1) is 10.5. The molecule has 0 saturated carbocycles. The number of aromatic amines is 1. The number of nitrogens with one attached hydrogen (secondary N) is 2. The molecule has 4 N–H and O–H groups in total. The van der Waals surface area contributed by atoms with Crippen molar-refractivity contribution >= 4 is 22.7 Å². The quantitative estimate of drug-likeness (QED) is 0.606. The van der Waals surface area contributed by atoms with Gasteiger partial charge in [0, 0.05) is 12.7 Å². The van der Waals surface area contributed by atoms with E-state index in [-0.39, 0.29) is 0 Å². The molecule has 3 heterocycles. The Morgan fingerprint density at radius 2 is 2.28 bits per heavy atom. The van der Waals surface area contributed by atoms with E-state index in [2.05, 4.69) is 30.4 Å². The molecule has 0 aliphatic rings. The number of fused-ring (bicyclic) bond motifs is 1. The molecule has 0 unspecified atom stereocenters. The first-order valence-electron chi connectivity index (χ1n) is 5.49. The number of nitrogens with zero attached hydrogens (tertiary/aromatic N) is 5. The molecular weight excluding hydrogens is 232 g/mol.